The molecule has 0 aliphatic heterocycles. The fourth-order valence-corrected chi connectivity index (χ4v) is 3.21. The highest BCUT2D eigenvalue weighted by Crippen LogP contribution is 2.33. The second-order valence-corrected chi connectivity index (χ2v) is 5.32. The molecule has 0 fully saturated rings. The van der Waals surface area contributed by atoms with Crippen LogP contribution < -0.4 is 0 Å². The first-order valence-corrected chi connectivity index (χ1v) is 7.19. The van der Waals surface area contributed by atoms with Gasteiger partial charge in [0.2, 0.25) is 0 Å². The van der Waals surface area contributed by atoms with E-state index in [0.29, 0.717) is 0 Å². The van der Waals surface area contributed by atoms with E-state index >= 15 is 0 Å². The highest BCUT2D eigenvalue weighted by atomic mass is 32.1. The van der Waals surface area contributed by atoms with Gasteiger partial charge >= 0.3 is 5.97 Å². The fourth-order valence-electron chi connectivity index (χ4n) is 2.24. The molecule has 0 saturated heterocycles. The minimum Gasteiger partial charge on any atom is -0.469 e. The zero-order chi connectivity index (χ0) is 13.0. The molecule has 2 nitrogen and oxygen atoms in total. The first-order chi connectivity index (χ1) is 8.77. The minimum atomic E-state index is -0.128. The number of hydrogen-bond donors (Lipinski definition) is 0. The molecule has 0 spiro atoms. The van der Waals surface area contributed by atoms with Crippen LogP contribution >= 0.6 is 11.3 Å². The van der Waals surface area contributed by atoms with Crippen LogP contribution in [0, 0.1) is 0 Å². The van der Waals surface area contributed by atoms with Gasteiger partial charge < -0.3 is 4.74 Å². The molecular weight excluding hydrogens is 244 g/mol. The predicted octanol–water partition coefficient (Wildman–Crippen LogP) is 4.35. The van der Waals surface area contributed by atoms with Gasteiger partial charge in [0, 0.05) is 4.70 Å². The number of benzene rings is 1. The molecule has 96 valence electrons. The number of fused-ring (bicyclic) bond motifs is 1. The lowest BCUT2D eigenvalue weighted by Gasteiger charge is -2.15. The largest absolute Gasteiger partial charge is 0.469 e. The molecule has 0 saturated carbocycles. The fraction of sp³-hybridized carbons (Fsp3) is 0.400. The number of carbonyl (C=O) groups excluding carboxylic acids is 1. The lowest BCUT2D eigenvalue weighted by atomic mass is 9.93. The van der Waals surface area contributed by atoms with E-state index in [0.717, 1.165) is 24.8 Å². The van der Waals surface area contributed by atoms with Gasteiger partial charge in [-0.3, -0.25) is 4.79 Å². The van der Waals surface area contributed by atoms with Crippen molar-refractivity contribution in [2.75, 3.05) is 7.11 Å². The maximum absolute atomic E-state index is 12.0. The third kappa shape index (κ3) is 2.56. The normalized spacial score (nSPS) is 12.6. The second kappa shape index (κ2) is 6.01. The summed E-state index contributed by atoms with van der Waals surface area (Å²) in [6.45, 7) is 2.14. The molecule has 2 aromatic rings. The highest BCUT2D eigenvalue weighted by molar-refractivity contribution is 7.17. The summed E-state index contributed by atoms with van der Waals surface area (Å²) in [4.78, 5) is 12.0. The lowest BCUT2D eigenvalue weighted by molar-refractivity contribution is -0.142. The van der Waals surface area contributed by atoms with E-state index in [2.05, 4.69) is 30.5 Å². The molecule has 0 aliphatic rings. The Hall–Kier alpha value is -1.35. The van der Waals surface area contributed by atoms with E-state index < -0.39 is 0 Å². The van der Waals surface area contributed by atoms with E-state index in [1.54, 1.807) is 11.3 Å². The van der Waals surface area contributed by atoms with Crippen LogP contribution in [0.4, 0.5) is 0 Å². The van der Waals surface area contributed by atoms with Gasteiger partial charge in [0.25, 0.3) is 0 Å². The van der Waals surface area contributed by atoms with Gasteiger partial charge in [0.05, 0.1) is 13.0 Å². The van der Waals surface area contributed by atoms with Crippen LogP contribution in [0.5, 0.6) is 0 Å². The molecule has 1 aromatic carbocycles. The molecule has 0 amide bonds. The number of ether oxygens (including phenoxy) is 1. The van der Waals surface area contributed by atoms with E-state index in [9.17, 15) is 4.79 Å². The first-order valence-electron chi connectivity index (χ1n) is 6.32. The smallest absolute Gasteiger partial charge is 0.313 e. The van der Waals surface area contributed by atoms with E-state index in [4.69, 9.17) is 4.74 Å². The summed E-state index contributed by atoms with van der Waals surface area (Å²) in [6, 6.07) is 8.25. The zero-order valence-electron chi connectivity index (χ0n) is 10.8. The minimum absolute atomic E-state index is 0.121. The van der Waals surface area contributed by atoms with Gasteiger partial charge in [-0.05, 0) is 28.8 Å². The van der Waals surface area contributed by atoms with Crippen LogP contribution in [0.25, 0.3) is 10.1 Å². The number of carbonyl (C=O) groups is 1. The molecule has 1 atom stereocenters. The molecule has 0 radical (unpaired) electrons. The summed E-state index contributed by atoms with van der Waals surface area (Å²) in [5.41, 5.74) is 1.11. The second-order valence-electron chi connectivity index (χ2n) is 4.40. The molecule has 0 N–H and O–H groups in total. The van der Waals surface area contributed by atoms with Crippen molar-refractivity contribution in [2.24, 2.45) is 0 Å². The Balaban J connectivity index is 2.40. The van der Waals surface area contributed by atoms with Crippen molar-refractivity contribution in [3.63, 3.8) is 0 Å². The topological polar surface area (TPSA) is 26.3 Å². The van der Waals surface area contributed by atoms with Gasteiger partial charge in [0.15, 0.2) is 0 Å². The van der Waals surface area contributed by atoms with Crippen molar-refractivity contribution < 1.29 is 9.53 Å². The third-order valence-electron chi connectivity index (χ3n) is 3.22. The Kier molecular flexibility index (Phi) is 4.37. The summed E-state index contributed by atoms with van der Waals surface area (Å²) < 4.78 is 6.17. The Morgan fingerprint density at radius 2 is 2.22 bits per heavy atom. The van der Waals surface area contributed by atoms with Crippen molar-refractivity contribution in [2.45, 2.75) is 32.1 Å². The number of unbranched alkanes of at least 4 members (excludes halogenated alkanes) is 1. The van der Waals surface area contributed by atoms with Crippen LogP contribution in [0.2, 0.25) is 0 Å². The van der Waals surface area contributed by atoms with Gasteiger partial charge in [-0.2, -0.15) is 0 Å². The van der Waals surface area contributed by atoms with Crippen LogP contribution in [-0.2, 0) is 9.53 Å². The van der Waals surface area contributed by atoms with Gasteiger partial charge in [-0.25, -0.2) is 0 Å². The van der Waals surface area contributed by atoms with Crippen LogP contribution in [0.15, 0.2) is 29.6 Å². The molecule has 0 aliphatic carbocycles. The Morgan fingerprint density at radius 1 is 1.39 bits per heavy atom. The van der Waals surface area contributed by atoms with Crippen molar-refractivity contribution in [3.05, 3.63) is 35.2 Å². The molecule has 1 aromatic heterocycles. The first kappa shape index (κ1) is 13.1. The molecule has 18 heavy (non-hydrogen) atoms. The monoisotopic (exact) mass is 262 g/mol. The number of esters is 1. The average molecular weight is 262 g/mol. The van der Waals surface area contributed by atoms with Crippen LogP contribution in [-0.4, -0.2) is 13.1 Å². The van der Waals surface area contributed by atoms with Gasteiger partial charge in [0.1, 0.15) is 0 Å². The lowest BCUT2D eigenvalue weighted by Crippen LogP contribution is -2.14. The molecule has 3 heteroatoms. The van der Waals surface area contributed by atoms with E-state index in [1.807, 2.05) is 6.07 Å². The highest BCUT2D eigenvalue weighted by Gasteiger charge is 2.23. The maximum atomic E-state index is 12.0. The molecule has 1 unspecified atom stereocenters. The Morgan fingerprint density at radius 3 is 2.94 bits per heavy atom. The number of thiophene rings is 1. The number of rotatable bonds is 5. The predicted molar refractivity (Wildman–Crippen MR) is 76.1 cm³/mol. The van der Waals surface area contributed by atoms with E-state index in [-0.39, 0.29) is 11.9 Å². The van der Waals surface area contributed by atoms with Crippen LogP contribution in [0.1, 0.15) is 37.7 Å². The summed E-state index contributed by atoms with van der Waals surface area (Å²) in [5.74, 6) is -0.248. The summed E-state index contributed by atoms with van der Waals surface area (Å²) in [5, 5.41) is 3.28. The number of hydrogen-bond acceptors (Lipinski definition) is 3. The average Bonchev–Trinajstić information content (AvgIpc) is 2.87. The Labute approximate surface area is 112 Å². The SMILES string of the molecule is CCCCC(C(=O)OC)c1cccc2ccsc12. The maximum Gasteiger partial charge on any atom is 0.313 e. The molecule has 1 heterocycles. The van der Waals surface area contributed by atoms with Crippen LogP contribution in [0.3, 0.4) is 0 Å². The third-order valence-corrected chi connectivity index (χ3v) is 4.20. The Bertz CT molecular complexity index is 530. The molecular formula is C15H18O2S. The summed E-state index contributed by atoms with van der Waals surface area (Å²) >= 11 is 1.70. The quantitative estimate of drug-likeness (QED) is 0.749. The van der Waals surface area contributed by atoms with Crippen molar-refractivity contribution >= 4 is 27.4 Å². The van der Waals surface area contributed by atoms with Gasteiger partial charge in [-0.1, -0.05) is 38.0 Å². The van der Waals surface area contributed by atoms with Gasteiger partial charge in [-0.15, -0.1) is 11.3 Å². The van der Waals surface area contributed by atoms with Crippen molar-refractivity contribution in [3.8, 4) is 0 Å². The molecule has 0 bridgehead atoms. The zero-order valence-corrected chi connectivity index (χ0v) is 11.6. The summed E-state index contributed by atoms with van der Waals surface area (Å²) in [6.07, 6.45) is 3.00. The summed E-state index contributed by atoms with van der Waals surface area (Å²) in [7, 11) is 1.47. The van der Waals surface area contributed by atoms with E-state index in [1.165, 1.54) is 17.2 Å². The number of methoxy groups -OCH3 is 1. The molecule has 2 rings (SSSR count). The van der Waals surface area contributed by atoms with Crippen molar-refractivity contribution in [1.82, 2.24) is 0 Å². The standard InChI is InChI=1S/C15H18O2S/c1-3-4-7-13(15(16)17-2)12-8-5-6-11-9-10-18-14(11)12/h5-6,8-10,13H,3-4,7H2,1-2H3. The van der Waals surface area contributed by atoms with Crippen molar-refractivity contribution in [1.29, 1.82) is 0 Å².